The maximum Gasteiger partial charge on any atom is 0.416 e. The zero-order valence-corrected chi connectivity index (χ0v) is 21.0. The summed E-state index contributed by atoms with van der Waals surface area (Å²) in [6.07, 6.45) is -0.429. The Hall–Kier alpha value is -2.44. The highest BCUT2D eigenvalue weighted by Gasteiger charge is 2.45. The van der Waals surface area contributed by atoms with Crippen molar-refractivity contribution in [1.29, 1.82) is 0 Å². The second-order valence-electron chi connectivity index (χ2n) is 10.1. The first-order chi connectivity index (χ1) is 15.0. The number of ether oxygens (including phenoxy) is 1. The number of carbonyl (C=O) groups is 2. The molecule has 1 fully saturated rings. The molecule has 1 aliphatic rings. The summed E-state index contributed by atoms with van der Waals surface area (Å²) in [6.45, 7) is 13.0. The molecule has 0 radical (unpaired) electrons. The predicted molar refractivity (Wildman–Crippen MR) is 129 cm³/mol. The summed E-state index contributed by atoms with van der Waals surface area (Å²) in [5, 5.41) is -0.00871. The summed E-state index contributed by atoms with van der Waals surface area (Å²) in [6, 6.07) is 19.4. The highest BCUT2D eigenvalue weighted by molar-refractivity contribution is 6.74. The molecule has 5 nitrogen and oxygen atoms in total. The molecule has 2 aromatic carbocycles. The molecule has 172 valence electrons. The van der Waals surface area contributed by atoms with Crippen LogP contribution in [0.1, 0.15) is 44.9 Å². The predicted octanol–water partition coefficient (Wildman–Crippen LogP) is 5.98. The first-order valence-electron chi connectivity index (χ1n) is 11.3. The van der Waals surface area contributed by atoms with E-state index >= 15 is 0 Å². The Bertz CT molecular complexity index is 924. The van der Waals surface area contributed by atoms with Gasteiger partial charge >= 0.3 is 6.09 Å². The van der Waals surface area contributed by atoms with Crippen LogP contribution in [0, 0.1) is 5.92 Å². The Kier molecular flexibility index (Phi) is 7.25. The lowest BCUT2D eigenvalue weighted by Gasteiger charge is -2.41. The molecule has 1 saturated heterocycles. The first-order valence-corrected chi connectivity index (χ1v) is 14.2. The van der Waals surface area contributed by atoms with E-state index in [-0.39, 0.29) is 23.6 Å². The third kappa shape index (κ3) is 5.30. The fourth-order valence-corrected chi connectivity index (χ4v) is 5.04. The number of carbonyl (C=O) groups excluding carboxylic acids is 2. The van der Waals surface area contributed by atoms with Crippen molar-refractivity contribution in [2.45, 2.75) is 64.4 Å². The third-order valence-electron chi connectivity index (χ3n) is 6.71. The van der Waals surface area contributed by atoms with Gasteiger partial charge in [0.05, 0.1) is 18.1 Å². The number of cyclic esters (lactones) is 1. The molecule has 0 unspecified atom stereocenters. The first kappa shape index (κ1) is 24.2. The minimum absolute atomic E-state index is 0.00871. The molecule has 6 heteroatoms. The monoisotopic (exact) mass is 453 g/mol. The van der Waals surface area contributed by atoms with Gasteiger partial charge in [-0.2, -0.15) is 0 Å². The van der Waals surface area contributed by atoms with Gasteiger partial charge in [0.15, 0.2) is 8.32 Å². The standard InChI is InChI=1S/C26H35NO4Si/c1-19(23(21-15-11-8-12-16-21)31-32(5,6)26(2,3)4)24(28)27-22(18-30-25(27)29)17-20-13-9-7-10-14-20/h7-16,19,22-23H,17-18H2,1-6H3/t19-,22-,23-/m0/s1. The largest absolute Gasteiger partial charge is 0.447 e. The van der Waals surface area contributed by atoms with E-state index in [1.807, 2.05) is 67.6 Å². The van der Waals surface area contributed by atoms with E-state index < -0.39 is 26.4 Å². The highest BCUT2D eigenvalue weighted by atomic mass is 28.4. The lowest BCUT2D eigenvalue weighted by Crippen LogP contribution is -2.47. The SMILES string of the molecule is C[C@H](C(=O)N1C(=O)OC[C@@H]1Cc1ccccc1)[C@H](O[Si](C)(C)C(C)(C)C)c1ccccc1. The van der Waals surface area contributed by atoms with Gasteiger partial charge in [-0.25, -0.2) is 9.69 Å². The van der Waals surface area contributed by atoms with Crippen LogP contribution in [-0.4, -0.2) is 37.9 Å². The molecule has 32 heavy (non-hydrogen) atoms. The Balaban J connectivity index is 1.88. The van der Waals surface area contributed by atoms with Crippen molar-refractivity contribution in [2.24, 2.45) is 5.92 Å². The minimum atomic E-state index is -2.18. The number of amides is 2. The van der Waals surface area contributed by atoms with Crippen molar-refractivity contribution < 1.29 is 18.8 Å². The fourth-order valence-electron chi connectivity index (χ4n) is 3.71. The van der Waals surface area contributed by atoms with Crippen LogP contribution in [0.25, 0.3) is 0 Å². The molecule has 2 amide bonds. The molecule has 0 N–H and O–H groups in total. The van der Waals surface area contributed by atoms with Gasteiger partial charge in [0, 0.05) is 0 Å². The smallest absolute Gasteiger partial charge is 0.416 e. The molecule has 3 atom stereocenters. The molecule has 0 bridgehead atoms. The van der Waals surface area contributed by atoms with Crippen molar-refractivity contribution in [3.63, 3.8) is 0 Å². The van der Waals surface area contributed by atoms with Crippen LogP contribution in [0.15, 0.2) is 60.7 Å². The molecule has 2 aromatic rings. The topological polar surface area (TPSA) is 55.8 Å². The van der Waals surface area contributed by atoms with Crippen LogP contribution < -0.4 is 0 Å². The van der Waals surface area contributed by atoms with Gasteiger partial charge < -0.3 is 9.16 Å². The van der Waals surface area contributed by atoms with E-state index in [0.29, 0.717) is 6.42 Å². The summed E-state index contributed by atoms with van der Waals surface area (Å²) in [7, 11) is -2.18. The average Bonchev–Trinajstić information content (AvgIpc) is 3.11. The van der Waals surface area contributed by atoms with E-state index in [9.17, 15) is 9.59 Å². The molecule has 1 heterocycles. The molecule has 1 aliphatic heterocycles. The van der Waals surface area contributed by atoms with Gasteiger partial charge in [0.1, 0.15) is 6.61 Å². The van der Waals surface area contributed by atoms with Crippen molar-refractivity contribution in [1.82, 2.24) is 4.90 Å². The number of hydrogen-bond donors (Lipinski definition) is 0. The molecular formula is C26H35NO4Si. The molecule has 0 aromatic heterocycles. The van der Waals surface area contributed by atoms with E-state index in [1.165, 1.54) is 4.90 Å². The lowest BCUT2D eigenvalue weighted by atomic mass is 9.95. The van der Waals surface area contributed by atoms with E-state index in [1.54, 1.807) is 0 Å². The maximum atomic E-state index is 13.7. The van der Waals surface area contributed by atoms with Gasteiger partial charge in [-0.3, -0.25) is 4.79 Å². The van der Waals surface area contributed by atoms with Gasteiger partial charge in [-0.1, -0.05) is 88.4 Å². The number of imide groups is 1. The van der Waals surface area contributed by atoms with Crippen molar-refractivity contribution in [3.8, 4) is 0 Å². The fraction of sp³-hybridized carbons (Fsp3) is 0.462. The van der Waals surface area contributed by atoms with Crippen molar-refractivity contribution in [2.75, 3.05) is 6.61 Å². The van der Waals surface area contributed by atoms with Crippen molar-refractivity contribution >= 4 is 20.3 Å². The van der Waals surface area contributed by atoms with Crippen LogP contribution in [0.3, 0.4) is 0 Å². The summed E-state index contributed by atoms with van der Waals surface area (Å²) < 4.78 is 12.1. The maximum absolute atomic E-state index is 13.7. The normalized spacial score (nSPS) is 18.9. The molecular weight excluding hydrogens is 418 g/mol. The summed E-state index contributed by atoms with van der Waals surface area (Å²) in [4.78, 5) is 27.6. The minimum Gasteiger partial charge on any atom is -0.447 e. The number of hydrogen-bond acceptors (Lipinski definition) is 4. The number of benzene rings is 2. The lowest BCUT2D eigenvalue weighted by molar-refractivity contribution is -0.136. The van der Waals surface area contributed by atoms with Crippen LogP contribution in [0.5, 0.6) is 0 Å². The Morgan fingerprint density at radius 2 is 1.66 bits per heavy atom. The van der Waals surface area contributed by atoms with Gasteiger partial charge in [0.2, 0.25) is 5.91 Å². The summed E-state index contributed by atoms with van der Waals surface area (Å²) >= 11 is 0. The number of rotatable bonds is 7. The average molecular weight is 454 g/mol. The quantitative estimate of drug-likeness (QED) is 0.484. The van der Waals surface area contributed by atoms with Gasteiger partial charge in [-0.15, -0.1) is 0 Å². The third-order valence-corrected chi connectivity index (χ3v) is 11.2. The molecule has 0 aliphatic carbocycles. The summed E-state index contributed by atoms with van der Waals surface area (Å²) in [5.74, 6) is -0.781. The van der Waals surface area contributed by atoms with E-state index in [0.717, 1.165) is 11.1 Å². The van der Waals surface area contributed by atoms with Crippen LogP contribution in [0.4, 0.5) is 4.79 Å². The van der Waals surface area contributed by atoms with E-state index in [2.05, 4.69) is 33.9 Å². The van der Waals surface area contributed by atoms with Crippen LogP contribution in [0.2, 0.25) is 18.1 Å². The van der Waals surface area contributed by atoms with Gasteiger partial charge in [-0.05, 0) is 35.7 Å². The van der Waals surface area contributed by atoms with E-state index in [4.69, 9.17) is 9.16 Å². The van der Waals surface area contributed by atoms with Crippen molar-refractivity contribution in [3.05, 3.63) is 71.8 Å². The second-order valence-corrected chi connectivity index (χ2v) is 14.9. The Morgan fingerprint density at radius 3 is 2.22 bits per heavy atom. The Labute approximate surface area is 192 Å². The number of nitrogens with zero attached hydrogens (tertiary/aromatic N) is 1. The zero-order valence-electron chi connectivity index (χ0n) is 20.0. The molecule has 0 spiro atoms. The van der Waals surface area contributed by atoms with Crippen LogP contribution >= 0.6 is 0 Å². The zero-order chi connectivity index (χ0) is 23.5. The Morgan fingerprint density at radius 1 is 1.09 bits per heavy atom. The van der Waals surface area contributed by atoms with Crippen LogP contribution in [-0.2, 0) is 20.4 Å². The molecule has 3 rings (SSSR count). The molecule has 0 saturated carbocycles. The van der Waals surface area contributed by atoms with Gasteiger partial charge in [0.25, 0.3) is 0 Å². The highest BCUT2D eigenvalue weighted by Crippen LogP contribution is 2.42. The second kappa shape index (κ2) is 9.59. The summed E-state index contributed by atoms with van der Waals surface area (Å²) in [5.41, 5.74) is 2.02.